The van der Waals surface area contributed by atoms with Gasteiger partial charge in [0.2, 0.25) is 0 Å². The largest absolute Gasteiger partial charge is 0.496 e. The number of nitrogens with zero attached hydrogens (tertiary/aromatic N) is 2. The Morgan fingerprint density at radius 1 is 1.11 bits per heavy atom. The van der Waals surface area contributed by atoms with Crippen molar-refractivity contribution >= 4 is 5.91 Å². The Hall–Kier alpha value is -3.12. The Morgan fingerprint density at radius 3 is 2.57 bits per heavy atom. The fraction of sp³-hybridized carbons (Fsp3) is 0.273. The maximum Gasteiger partial charge on any atom is 0.255 e. The minimum absolute atomic E-state index is 0.102. The predicted octanol–water partition coefficient (Wildman–Crippen LogP) is 3.03. The highest BCUT2D eigenvalue weighted by molar-refractivity contribution is 6.00. The van der Waals surface area contributed by atoms with Gasteiger partial charge in [-0.25, -0.2) is 4.68 Å². The molecule has 6 heteroatoms. The zero-order valence-electron chi connectivity index (χ0n) is 15.9. The van der Waals surface area contributed by atoms with Crippen LogP contribution in [0, 0.1) is 0 Å². The number of hydrogen-bond acceptors (Lipinski definition) is 4. The molecular formula is C22H24N4O2. The van der Waals surface area contributed by atoms with E-state index in [-0.39, 0.29) is 11.9 Å². The van der Waals surface area contributed by atoms with E-state index in [0.29, 0.717) is 17.0 Å². The molecule has 1 fully saturated rings. The molecule has 1 amide bonds. The Bertz CT molecular complexity index is 946. The quantitative estimate of drug-likeness (QED) is 0.718. The zero-order chi connectivity index (χ0) is 19.3. The van der Waals surface area contributed by atoms with Crippen LogP contribution in [0.3, 0.4) is 0 Å². The minimum Gasteiger partial charge on any atom is -0.496 e. The van der Waals surface area contributed by atoms with Crippen molar-refractivity contribution in [2.75, 3.05) is 20.2 Å². The van der Waals surface area contributed by atoms with Crippen molar-refractivity contribution in [3.8, 4) is 22.7 Å². The summed E-state index contributed by atoms with van der Waals surface area (Å²) in [4.78, 5) is 13.1. The summed E-state index contributed by atoms with van der Waals surface area (Å²) in [5, 5.41) is 11.2. The maximum absolute atomic E-state index is 13.1. The second kappa shape index (κ2) is 8.27. The lowest BCUT2D eigenvalue weighted by molar-refractivity contribution is 0.0930. The minimum atomic E-state index is -0.102. The third-order valence-electron chi connectivity index (χ3n) is 5.02. The molecule has 1 aromatic heterocycles. The Labute approximate surface area is 164 Å². The van der Waals surface area contributed by atoms with Gasteiger partial charge in [-0.3, -0.25) is 4.79 Å². The molecule has 0 unspecified atom stereocenters. The smallest absolute Gasteiger partial charge is 0.255 e. The van der Waals surface area contributed by atoms with E-state index in [1.165, 1.54) is 0 Å². The number of methoxy groups -OCH3 is 1. The summed E-state index contributed by atoms with van der Waals surface area (Å²) in [6.45, 7) is 1.85. The lowest BCUT2D eigenvalue weighted by Crippen LogP contribution is -2.42. The molecule has 1 aliphatic rings. The molecule has 0 saturated carbocycles. The molecule has 2 aromatic carbocycles. The molecule has 0 bridgehead atoms. The molecule has 0 radical (unpaired) electrons. The van der Waals surface area contributed by atoms with Gasteiger partial charge < -0.3 is 15.4 Å². The summed E-state index contributed by atoms with van der Waals surface area (Å²) in [5.41, 5.74) is 2.87. The van der Waals surface area contributed by atoms with Gasteiger partial charge >= 0.3 is 0 Å². The van der Waals surface area contributed by atoms with E-state index in [0.717, 1.165) is 37.2 Å². The van der Waals surface area contributed by atoms with E-state index in [2.05, 4.69) is 10.6 Å². The third kappa shape index (κ3) is 3.77. The van der Waals surface area contributed by atoms with Gasteiger partial charge in [-0.2, -0.15) is 5.10 Å². The van der Waals surface area contributed by atoms with E-state index < -0.39 is 0 Å². The topological polar surface area (TPSA) is 68.2 Å². The van der Waals surface area contributed by atoms with Gasteiger partial charge in [-0.1, -0.05) is 30.3 Å². The Morgan fingerprint density at radius 2 is 1.82 bits per heavy atom. The molecule has 2 N–H and O–H groups in total. The van der Waals surface area contributed by atoms with Crippen molar-refractivity contribution in [1.82, 2.24) is 20.4 Å². The number of benzene rings is 2. The summed E-state index contributed by atoms with van der Waals surface area (Å²) in [7, 11) is 1.63. The highest BCUT2D eigenvalue weighted by atomic mass is 16.5. The highest BCUT2D eigenvalue weighted by Gasteiger charge is 2.23. The fourth-order valence-electron chi connectivity index (χ4n) is 3.52. The number of carbonyl (C=O) groups excluding carboxylic acids is 1. The molecule has 0 spiro atoms. The molecule has 6 nitrogen and oxygen atoms in total. The number of carbonyl (C=O) groups is 1. The fourth-order valence-corrected chi connectivity index (χ4v) is 3.52. The van der Waals surface area contributed by atoms with Gasteiger partial charge in [0.05, 0.1) is 18.4 Å². The molecule has 28 heavy (non-hydrogen) atoms. The predicted molar refractivity (Wildman–Crippen MR) is 109 cm³/mol. The van der Waals surface area contributed by atoms with Crippen molar-refractivity contribution < 1.29 is 9.53 Å². The van der Waals surface area contributed by atoms with Crippen LogP contribution in [0.15, 0.2) is 60.8 Å². The van der Waals surface area contributed by atoms with Crippen LogP contribution >= 0.6 is 0 Å². The van der Waals surface area contributed by atoms with Gasteiger partial charge in [0.25, 0.3) is 5.91 Å². The molecule has 4 rings (SSSR count). The number of amides is 1. The number of aromatic nitrogens is 2. The average molecular weight is 376 g/mol. The van der Waals surface area contributed by atoms with Gasteiger partial charge in [0.15, 0.2) is 0 Å². The monoisotopic (exact) mass is 376 g/mol. The van der Waals surface area contributed by atoms with Crippen molar-refractivity contribution in [3.05, 3.63) is 66.4 Å². The van der Waals surface area contributed by atoms with Crippen LogP contribution in [0.2, 0.25) is 0 Å². The van der Waals surface area contributed by atoms with Gasteiger partial charge in [-0.05, 0) is 50.2 Å². The van der Waals surface area contributed by atoms with Gasteiger partial charge in [-0.15, -0.1) is 0 Å². The first kappa shape index (κ1) is 18.3. The molecule has 2 heterocycles. The first-order valence-electron chi connectivity index (χ1n) is 9.56. The molecule has 0 aliphatic carbocycles. The molecule has 0 atom stereocenters. The van der Waals surface area contributed by atoms with Crippen molar-refractivity contribution in [2.24, 2.45) is 0 Å². The van der Waals surface area contributed by atoms with E-state index in [9.17, 15) is 4.79 Å². The molecule has 3 aromatic rings. The molecule has 1 aliphatic heterocycles. The van der Waals surface area contributed by atoms with Crippen LogP contribution in [-0.2, 0) is 0 Å². The van der Waals surface area contributed by atoms with Crippen LogP contribution in [-0.4, -0.2) is 41.9 Å². The van der Waals surface area contributed by atoms with Gasteiger partial charge in [0, 0.05) is 17.8 Å². The van der Waals surface area contributed by atoms with Crippen LogP contribution in [0.1, 0.15) is 23.2 Å². The lowest BCUT2D eigenvalue weighted by atomic mass is 10.0. The number of rotatable bonds is 5. The highest BCUT2D eigenvalue weighted by Crippen LogP contribution is 2.31. The summed E-state index contributed by atoms with van der Waals surface area (Å²) in [6, 6.07) is 17.6. The van der Waals surface area contributed by atoms with E-state index >= 15 is 0 Å². The number of ether oxygens (including phenoxy) is 1. The molecular weight excluding hydrogens is 352 g/mol. The SMILES string of the molecule is COc1ccccc1-c1nn(-c2ccccc2)cc1C(=O)NC1CCNCC1. The van der Waals surface area contributed by atoms with Crippen LogP contribution < -0.4 is 15.4 Å². The Balaban J connectivity index is 1.74. The summed E-state index contributed by atoms with van der Waals surface area (Å²) in [6.07, 6.45) is 3.67. The maximum atomic E-state index is 13.1. The standard InChI is InChI=1S/C22H24N4O2/c1-28-20-10-6-5-9-18(20)21-19(22(27)24-16-11-13-23-14-12-16)15-26(25-21)17-7-3-2-4-8-17/h2-10,15-16,23H,11-14H2,1H3,(H,24,27). The Kier molecular flexibility index (Phi) is 5.39. The number of para-hydroxylation sites is 2. The molecule has 144 valence electrons. The average Bonchev–Trinajstić information content (AvgIpc) is 3.20. The second-order valence-electron chi connectivity index (χ2n) is 6.87. The van der Waals surface area contributed by atoms with E-state index in [1.54, 1.807) is 18.0 Å². The van der Waals surface area contributed by atoms with Crippen molar-refractivity contribution in [1.29, 1.82) is 0 Å². The first-order valence-corrected chi connectivity index (χ1v) is 9.56. The lowest BCUT2D eigenvalue weighted by Gasteiger charge is -2.23. The van der Waals surface area contributed by atoms with Crippen LogP contribution in [0.4, 0.5) is 0 Å². The summed E-state index contributed by atoms with van der Waals surface area (Å²) in [5.74, 6) is 0.590. The van der Waals surface area contributed by atoms with Crippen molar-refractivity contribution in [2.45, 2.75) is 18.9 Å². The summed E-state index contributed by atoms with van der Waals surface area (Å²) < 4.78 is 7.26. The van der Waals surface area contributed by atoms with E-state index in [1.807, 2.05) is 54.6 Å². The second-order valence-corrected chi connectivity index (χ2v) is 6.87. The molecule has 1 saturated heterocycles. The van der Waals surface area contributed by atoms with Crippen molar-refractivity contribution in [3.63, 3.8) is 0 Å². The number of nitrogens with one attached hydrogen (secondary N) is 2. The van der Waals surface area contributed by atoms with Crippen LogP contribution in [0.5, 0.6) is 5.75 Å². The number of hydrogen-bond donors (Lipinski definition) is 2. The normalized spacial score (nSPS) is 14.6. The number of piperidine rings is 1. The summed E-state index contributed by atoms with van der Waals surface area (Å²) >= 11 is 0. The van der Waals surface area contributed by atoms with E-state index in [4.69, 9.17) is 9.84 Å². The first-order chi connectivity index (χ1) is 13.8. The van der Waals surface area contributed by atoms with Crippen LogP contribution in [0.25, 0.3) is 16.9 Å². The zero-order valence-corrected chi connectivity index (χ0v) is 15.9. The third-order valence-corrected chi connectivity index (χ3v) is 5.02. The van der Waals surface area contributed by atoms with Gasteiger partial charge in [0.1, 0.15) is 11.4 Å².